The monoisotopic (exact) mass is 395 g/mol. The van der Waals surface area contributed by atoms with Gasteiger partial charge in [-0.3, -0.25) is 4.98 Å². The van der Waals surface area contributed by atoms with Crippen LogP contribution in [0.25, 0.3) is 10.8 Å². The zero-order valence-electron chi connectivity index (χ0n) is 15.4. The maximum atomic E-state index is 5.30. The van der Waals surface area contributed by atoms with Gasteiger partial charge in [0.25, 0.3) is 0 Å². The van der Waals surface area contributed by atoms with Crippen LogP contribution in [0.4, 0.5) is 5.69 Å². The van der Waals surface area contributed by atoms with Gasteiger partial charge < -0.3 is 10.6 Å². The molecule has 2 N–H and O–H groups in total. The lowest BCUT2D eigenvalue weighted by Crippen LogP contribution is -2.29. The van der Waals surface area contributed by atoms with Gasteiger partial charge in [-0.05, 0) is 65.9 Å². The molecule has 140 valence electrons. The van der Waals surface area contributed by atoms with Gasteiger partial charge in [0.15, 0.2) is 5.11 Å². The number of rotatable bonds is 9. The maximum Gasteiger partial charge on any atom is 0.170 e. The molecule has 0 amide bonds. The van der Waals surface area contributed by atoms with Gasteiger partial charge in [0.2, 0.25) is 0 Å². The number of hydrogen-bond donors (Lipinski definition) is 2. The van der Waals surface area contributed by atoms with Crippen molar-refractivity contribution >= 4 is 45.6 Å². The Morgan fingerprint density at radius 1 is 0.889 bits per heavy atom. The van der Waals surface area contributed by atoms with Crippen molar-refractivity contribution in [2.45, 2.75) is 30.6 Å². The van der Waals surface area contributed by atoms with Crippen LogP contribution in [0.15, 0.2) is 71.9 Å². The van der Waals surface area contributed by atoms with Crippen molar-refractivity contribution in [1.82, 2.24) is 10.3 Å². The average molecular weight is 396 g/mol. The maximum absolute atomic E-state index is 5.30. The third-order valence-corrected chi connectivity index (χ3v) is 5.61. The summed E-state index contributed by atoms with van der Waals surface area (Å²) in [4.78, 5) is 5.35. The second kappa shape index (κ2) is 10.9. The van der Waals surface area contributed by atoms with E-state index < -0.39 is 0 Å². The van der Waals surface area contributed by atoms with E-state index >= 15 is 0 Å². The third-order valence-electron chi connectivity index (χ3n) is 4.28. The van der Waals surface area contributed by atoms with Crippen molar-refractivity contribution in [2.24, 2.45) is 0 Å². The zero-order valence-corrected chi connectivity index (χ0v) is 17.0. The Morgan fingerprint density at radius 3 is 2.52 bits per heavy atom. The number of fused-ring (bicyclic) bond motifs is 1. The first-order valence-corrected chi connectivity index (χ1v) is 10.8. The van der Waals surface area contributed by atoms with Crippen molar-refractivity contribution in [3.05, 3.63) is 67.0 Å². The molecule has 0 aliphatic rings. The molecule has 0 aliphatic heterocycles. The summed E-state index contributed by atoms with van der Waals surface area (Å²) in [6, 6.07) is 19.1. The van der Waals surface area contributed by atoms with Gasteiger partial charge >= 0.3 is 0 Å². The van der Waals surface area contributed by atoms with Gasteiger partial charge in [0.05, 0.1) is 0 Å². The first kappa shape index (κ1) is 19.6. The molecule has 0 radical (unpaired) electrons. The van der Waals surface area contributed by atoms with Gasteiger partial charge in [-0.25, -0.2) is 0 Å². The highest BCUT2D eigenvalue weighted by molar-refractivity contribution is 7.99. The molecule has 3 rings (SSSR count). The van der Waals surface area contributed by atoms with Crippen LogP contribution in [0.3, 0.4) is 0 Å². The quantitative estimate of drug-likeness (QED) is 0.269. The number of hydrogen-bond acceptors (Lipinski definition) is 3. The Morgan fingerprint density at radius 2 is 1.67 bits per heavy atom. The van der Waals surface area contributed by atoms with E-state index in [1.54, 1.807) is 12.4 Å². The number of anilines is 1. The molecule has 0 aliphatic carbocycles. The Bertz CT molecular complexity index is 852. The molecule has 3 aromatic rings. The summed E-state index contributed by atoms with van der Waals surface area (Å²) < 4.78 is 0. The molecule has 27 heavy (non-hydrogen) atoms. The van der Waals surface area contributed by atoms with E-state index in [9.17, 15) is 0 Å². The minimum Gasteiger partial charge on any atom is -0.362 e. The molecule has 0 atom stereocenters. The Hall–Kier alpha value is -2.11. The molecule has 0 saturated heterocycles. The van der Waals surface area contributed by atoms with Crippen LogP contribution in [-0.2, 0) is 0 Å². The minimum absolute atomic E-state index is 0.674. The summed E-state index contributed by atoms with van der Waals surface area (Å²) in [6.07, 6.45) is 8.37. The number of aromatic nitrogens is 1. The molecule has 5 heteroatoms. The van der Waals surface area contributed by atoms with E-state index in [4.69, 9.17) is 12.2 Å². The van der Waals surface area contributed by atoms with Crippen LogP contribution in [0, 0.1) is 0 Å². The second-order valence-electron chi connectivity index (χ2n) is 6.39. The SMILES string of the molecule is S=C(NCCCCCCSc1ccc2ccccc2c1)Nc1ccncc1. The predicted molar refractivity (Wildman–Crippen MR) is 122 cm³/mol. The van der Waals surface area contributed by atoms with Crippen LogP contribution in [0.1, 0.15) is 25.7 Å². The van der Waals surface area contributed by atoms with E-state index in [1.165, 1.54) is 40.7 Å². The standard InChI is InChI=1S/C22H25N3S2/c26-22(25-20-11-14-23-15-12-20)24-13-5-1-2-6-16-27-21-10-9-18-7-3-4-8-19(18)17-21/h3-4,7-12,14-15,17H,1-2,5-6,13,16H2,(H2,23,24,25,26). The molecule has 0 saturated carbocycles. The number of nitrogens with zero attached hydrogens (tertiary/aromatic N) is 1. The summed E-state index contributed by atoms with van der Waals surface area (Å²) >= 11 is 7.25. The summed E-state index contributed by atoms with van der Waals surface area (Å²) in [5.74, 6) is 1.17. The van der Waals surface area contributed by atoms with Crippen molar-refractivity contribution in [3.8, 4) is 0 Å². The Kier molecular flexibility index (Phi) is 7.93. The van der Waals surface area contributed by atoms with Crippen molar-refractivity contribution < 1.29 is 0 Å². The fraction of sp³-hybridized carbons (Fsp3) is 0.273. The lowest BCUT2D eigenvalue weighted by atomic mass is 10.1. The number of thiocarbonyl (C=S) groups is 1. The summed E-state index contributed by atoms with van der Waals surface area (Å²) in [5, 5.41) is 9.73. The average Bonchev–Trinajstić information content (AvgIpc) is 2.70. The molecule has 1 heterocycles. The van der Waals surface area contributed by atoms with E-state index in [-0.39, 0.29) is 0 Å². The smallest absolute Gasteiger partial charge is 0.170 e. The van der Waals surface area contributed by atoms with Crippen molar-refractivity contribution in [1.29, 1.82) is 0 Å². The largest absolute Gasteiger partial charge is 0.362 e. The lowest BCUT2D eigenvalue weighted by Gasteiger charge is -2.10. The Balaban J connectivity index is 1.23. The van der Waals surface area contributed by atoms with Gasteiger partial charge in [-0.1, -0.05) is 43.2 Å². The second-order valence-corrected chi connectivity index (χ2v) is 7.96. The van der Waals surface area contributed by atoms with Crippen LogP contribution >= 0.6 is 24.0 Å². The summed E-state index contributed by atoms with van der Waals surface area (Å²) in [6.45, 7) is 0.911. The van der Waals surface area contributed by atoms with Gasteiger partial charge in [-0.2, -0.15) is 0 Å². The van der Waals surface area contributed by atoms with Crippen molar-refractivity contribution in [2.75, 3.05) is 17.6 Å². The topological polar surface area (TPSA) is 37.0 Å². The number of unbranched alkanes of at least 4 members (excludes halogenated alkanes) is 3. The highest BCUT2D eigenvalue weighted by Gasteiger charge is 1.99. The molecular weight excluding hydrogens is 370 g/mol. The number of benzene rings is 2. The van der Waals surface area contributed by atoms with Crippen LogP contribution in [-0.4, -0.2) is 22.4 Å². The van der Waals surface area contributed by atoms with E-state index in [0.29, 0.717) is 5.11 Å². The minimum atomic E-state index is 0.674. The highest BCUT2D eigenvalue weighted by atomic mass is 32.2. The van der Waals surface area contributed by atoms with E-state index in [2.05, 4.69) is 58.1 Å². The third kappa shape index (κ3) is 6.85. The van der Waals surface area contributed by atoms with Gasteiger partial charge in [-0.15, -0.1) is 11.8 Å². The fourth-order valence-electron chi connectivity index (χ4n) is 2.84. The molecule has 3 nitrogen and oxygen atoms in total. The van der Waals surface area contributed by atoms with Gasteiger partial charge in [0, 0.05) is 29.5 Å². The normalized spacial score (nSPS) is 10.7. The molecule has 0 spiro atoms. The molecule has 0 fully saturated rings. The zero-order chi connectivity index (χ0) is 18.7. The van der Waals surface area contributed by atoms with Crippen molar-refractivity contribution in [3.63, 3.8) is 0 Å². The molecule has 2 aromatic carbocycles. The molecule has 0 unspecified atom stereocenters. The molecular formula is C22H25N3S2. The first-order valence-electron chi connectivity index (χ1n) is 9.38. The number of nitrogens with one attached hydrogen (secondary N) is 2. The number of pyridine rings is 1. The first-order chi connectivity index (χ1) is 13.3. The fourth-order valence-corrected chi connectivity index (χ4v) is 4.02. The number of thioether (sulfide) groups is 1. The predicted octanol–water partition coefficient (Wildman–Crippen LogP) is 5.87. The summed E-state index contributed by atoms with van der Waals surface area (Å²) in [5.41, 5.74) is 0.966. The van der Waals surface area contributed by atoms with E-state index in [0.717, 1.165) is 18.7 Å². The van der Waals surface area contributed by atoms with Crippen LogP contribution in [0.2, 0.25) is 0 Å². The lowest BCUT2D eigenvalue weighted by molar-refractivity contribution is 0.658. The van der Waals surface area contributed by atoms with E-state index in [1.807, 2.05) is 23.9 Å². The Labute approximate surface area is 171 Å². The van der Waals surface area contributed by atoms with Crippen LogP contribution < -0.4 is 10.6 Å². The highest BCUT2D eigenvalue weighted by Crippen LogP contribution is 2.24. The van der Waals surface area contributed by atoms with Gasteiger partial charge in [0.1, 0.15) is 0 Å². The molecule has 0 bridgehead atoms. The summed E-state index contributed by atoms with van der Waals surface area (Å²) in [7, 11) is 0. The van der Waals surface area contributed by atoms with Crippen LogP contribution in [0.5, 0.6) is 0 Å². The molecule has 1 aromatic heterocycles.